The van der Waals surface area contributed by atoms with Crippen LogP contribution in [-0.4, -0.2) is 18.9 Å². The van der Waals surface area contributed by atoms with Crippen LogP contribution in [0.3, 0.4) is 0 Å². The van der Waals surface area contributed by atoms with Gasteiger partial charge in [0.15, 0.2) is 5.76 Å². The van der Waals surface area contributed by atoms with Crippen molar-refractivity contribution in [3.05, 3.63) is 76.7 Å². The molecule has 0 radical (unpaired) electrons. The maximum absolute atomic E-state index is 12.5. The number of carbonyl (C=O) groups excluding carboxylic acids is 2. The molecule has 26 heavy (non-hydrogen) atoms. The highest BCUT2D eigenvalue weighted by molar-refractivity contribution is 9.10. The van der Waals surface area contributed by atoms with Crippen LogP contribution in [0.15, 0.2) is 69.8 Å². The molecule has 6 nitrogen and oxygen atoms in total. The Balaban J connectivity index is 1.74. The second-order valence-corrected chi connectivity index (χ2v) is 6.17. The van der Waals surface area contributed by atoms with E-state index in [4.69, 9.17) is 9.15 Å². The van der Waals surface area contributed by atoms with E-state index in [1.54, 1.807) is 54.6 Å². The fourth-order valence-corrected chi connectivity index (χ4v) is 2.71. The van der Waals surface area contributed by atoms with E-state index in [2.05, 4.69) is 26.6 Å². The van der Waals surface area contributed by atoms with E-state index in [-0.39, 0.29) is 17.6 Å². The molecule has 0 aliphatic carbocycles. The molecule has 2 aromatic carbocycles. The minimum Gasteiger partial charge on any atom is -0.497 e. The normalized spacial score (nSPS) is 10.2. The molecule has 2 amide bonds. The van der Waals surface area contributed by atoms with Gasteiger partial charge in [-0.05, 0) is 64.5 Å². The third-order valence-corrected chi connectivity index (χ3v) is 4.23. The molecule has 0 bridgehead atoms. The molecular weight excluding hydrogens is 400 g/mol. The number of methoxy groups -OCH3 is 1. The van der Waals surface area contributed by atoms with Gasteiger partial charge in [0.2, 0.25) is 0 Å². The number of benzene rings is 2. The minimum atomic E-state index is -0.367. The van der Waals surface area contributed by atoms with Gasteiger partial charge in [-0.15, -0.1) is 0 Å². The van der Waals surface area contributed by atoms with Gasteiger partial charge in [0, 0.05) is 15.8 Å². The maximum atomic E-state index is 12.5. The summed E-state index contributed by atoms with van der Waals surface area (Å²) in [6, 6.07) is 15.2. The third-order valence-electron chi connectivity index (χ3n) is 3.54. The van der Waals surface area contributed by atoms with Crippen LogP contribution < -0.4 is 15.4 Å². The largest absolute Gasteiger partial charge is 0.497 e. The maximum Gasteiger partial charge on any atom is 0.291 e. The highest BCUT2D eigenvalue weighted by Crippen LogP contribution is 2.24. The van der Waals surface area contributed by atoms with Crippen molar-refractivity contribution in [3.63, 3.8) is 0 Å². The highest BCUT2D eigenvalue weighted by atomic mass is 79.9. The average molecular weight is 415 g/mol. The molecule has 0 aliphatic rings. The van der Waals surface area contributed by atoms with Gasteiger partial charge in [-0.2, -0.15) is 0 Å². The SMILES string of the molecule is COc1ccc(Br)c(C(=O)Nc2cccc(NC(=O)c3ccco3)c2)c1. The van der Waals surface area contributed by atoms with Crippen molar-refractivity contribution in [2.45, 2.75) is 0 Å². The molecule has 0 saturated carbocycles. The number of amides is 2. The Morgan fingerprint density at radius 3 is 2.35 bits per heavy atom. The summed E-state index contributed by atoms with van der Waals surface area (Å²) in [6.07, 6.45) is 1.43. The Morgan fingerprint density at radius 2 is 1.69 bits per heavy atom. The van der Waals surface area contributed by atoms with Crippen LogP contribution >= 0.6 is 15.9 Å². The van der Waals surface area contributed by atoms with E-state index in [0.29, 0.717) is 27.2 Å². The molecule has 0 fully saturated rings. The van der Waals surface area contributed by atoms with Crippen molar-refractivity contribution >= 4 is 39.1 Å². The van der Waals surface area contributed by atoms with E-state index < -0.39 is 0 Å². The Kier molecular flexibility index (Phi) is 5.38. The van der Waals surface area contributed by atoms with Crippen LogP contribution in [0.2, 0.25) is 0 Å². The van der Waals surface area contributed by atoms with Gasteiger partial charge in [0.25, 0.3) is 11.8 Å². The number of ether oxygens (including phenoxy) is 1. The molecule has 0 aliphatic heterocycles. The summed E-state index contributed by atoms with van der Waals surface area (Å²) >= 11 is 3.36. The van der Waals surface area contributed by atoms with Crippen molar-refractivity contribution in [1.82, 2.24) is 0 Å². The topological polar surface area (TPSA) is 80.6 Å². The van der Waals surface area contributed by atoms with Crippen molar-refractivity contribution < 1.29 is 18.7 Å². The monoisotopic (exact) mass is 414 g/mol. The Hall–Kier alpha value is -3.06. The summed E-state index contributed by atoms with van der Waals surface area (Å²) in [5.41, 5.74) is 1.52. The van der Waals surface area contributed by atoms with Crippen molar-refractivity contribution in [1.29, 1.82) is 0 Å². The Labute approximate surface area is 158 Å². The lowest BCUT2D eigenvalue weighted by Gasteiger charge is -2.10. The average Bonchev–Trinajstić information content (AvgIpc) is 3.17. The molecule has 0 saturated heterocycles. The first-order valence-corrected chi connectivity index (χ1v) is 8.46. The Morgan fingerprint density at radius 1 is 0.962 bits per heavy atom. The lowest BCUT2D eigenvalue weighted by Crippen LogP contribution is -2.14. The van der Waals surface area contributed by atoms with Gasteiger partial charge in [-0.3, -0.25) is 9.59 Å². The van der Waals surface area contributed by atoms with E-state index in [0.717, 1.165) is 0 Å². The molecule has 1 heterocycles. The van der Waals surface area contributed by atoms with Crippen molar-refractivity contribution in [2.24, 2.45) is 0 Å². The van der Waals surface area contributed by atoms with Crippen molar-refractivity contribution in [3.8, 4) is 5.75 Å². The van der Waals surface area contributed by atoms with Crippen LogP contribution in [-0.2, 0) is 0 Å². The van der Waals surface area contributed by atoms with E-state index in [1.807, 2.05) is 0 Å². The van der Waals surface area contributed by atoms with Crippen LogP contribution in [0, 0.1) is 0 Å². The van der Waals surface area contributed by atoms with E-state index >= 15 is 0 Å². The predicted octanol–water partition coefficient (Wildman–Crippen LogP) is 4.56. The number of halogens is 1. The first kappa shape index (κ1) is 17.8. The molecular formula is C19H15BrN2O4. The first-order valence-electron chi connectivity index (χ1n) is 7.66. The van der Waals surface area contributed by atoms with Crippen LogP contribution in [0.1, 0.15) is 20.9 Å². The van der Waals surface area contributed by atoms with Crippen LogP contribution in [0.25, 0.3) is 0 Å². The summed E-state index contributed by atoms with van der Waals surface area (Å²) in [7, 11) is 1.54. The lowest BCUT2D eigenvalue weighted by molar-refractivity contribution is 0.0995. The van der Waals surface area contributed by atoms with Gasteiger partial charge >= 0.3 is 0 Å². The zero-order valence-electron chi connectivity index (χ0n) is 13.8. The highest BCUT2D eigenvalue weighted by Gasteiger charge is 2.13. The number of hydrogen-bond acceptors (Lipinski definition) is 4. The van der Waals surface area contributed by atoms with Gasteiger partial charge in [0.05, 0.1) is 18.9 Å². The summed E-state index contributed by atoms with van der Waals surface area (Å²) in [5, 5.41) is 5.51. The summed E-state index contributed by atoms with van der Waals surface area (Å²) in [4.78, 5) is 24.6. The quantitative estimate of drug-likeness (QED) is 0.641. The van der Waals surface area contributed by atoms with Gasteiger partial charge in [0.1, 0.15) is 5.75 Å². The number of rotatable bonds is 5. The molecule has 3 aromatic rings. The zero-order chi connectivity index (χ0) is 18.5. The molecule has 2 N–H and O–H groups in total. The Bertz CT molecular complexity index is 938. The van der Waals surface area contributed by atoms with Crippen molar-refractivity contribution in [2.75, 3.05) is 17.7 Å². The molecule has 0 atom stereocenters. The molecule has 0 unspecified atom stereocenters. The number of anilines is 2. The summed E-state index contributed by atoms with van der Waals surface area (Å²) < 4.78 is 10.9. The summed E-state index contributed by atoms with van der Waals surface area (Å²) in [6.45, 7) is 0. The predicted molar refractivity (Wildman–Crippen MR) is 102 cm³/mol. The second-order valence-electron chi connectivity index (χ2n) is 5.31. The van der Waals surface area contributed by atoms with Crippen LogP contribution in [0.4, 0.5) is 11.4 Å². The van der Waals surface area contributed by atoms with E-state index in [9.17, 15) is 9.59 Å². The number of hydrogen-bond donors (Lipinski definition) is 2. The number of furan rings is 1. The lowest BCUT2D eigenvalue weighted by atomic mass is 10.2. The van der Waals surface area contributed by atoms with Gasteiger partial charge < -0.3 is 19.8 Å². The fourth-order valence-electron chi connectivity index (χ4n) is 2.28. The van der Waals surface area contributed by atoms with Gasteiger partial charge in [-0.25, -0.2) is 0 Å². The molecule has 3 rings (SSSR count). The molecule has 7 heteroatoms. The molecule has 132 valence electrons. The number of nitrogens with one attached hydrogen (secondary N) is 2. The van der Waals surface area contributed by atoms with Crippen LogP contribution in [0.5, 0.6) is 5.75 Å². The number of carbonyl (C=O) groups is 2. The molecule has 1 aromatic heterocycles. The zero-order valence-corrected chi connectivity index (χ0v) is 15.4. The van der Waals surface area contributed by atoms with E-state index in [1.165, 1.54) is 13.4 Å². The second kappa shape index (κ2) is 7.88. The molecule has 0 spiro atoms. The fraction of sp³-hybridized carbons (Fsp3) is 0.0526. The smallest absolute Gasteiger partial charge is 0.291 e. The first-order chi connectivity index (χ1) is 12.6. The minimum absolute atomic E-state index is 0.208. The third kappa shape index (κ3) is 4.12. The standard InChI is InChI=1S/C19H15BrN2O4/c1-25-14-7-8-16(20)15(11-14)18(23)21-12-4-2-5-13(10-12)22-19(24)17-6-3-9-26-17/h2-11H,1H3,(H,21,23)(H,22,24). The van der Waals surface area contributed by atoms with Gasteiger partial charge in [-0.1, -0.05) is 6.07 Å². The summed E-state index contributed by atoms with van der Waals surface area (Å²) in [5.74, 6) is 0.122.